The maximum absolute atomic E-state index is 12.5. The van der Waals surface area contributed by atoms with Crippen LogP contribution in [0.2, 0.25) is 0 Å². The van der Waals surface area contributed by atoms with Crippen LogP contribution in [0.1, 0.15) is 23.1 Å². The van der Waals surface area contributed by atoms with Crippen LogP contribution in [0.15, 0.2) is 24.3 Å². The topological polar surface area (TPSA) is 181 Å². The first kappa shape index (κ1) is 27.7. The van der Waals surface area contributed by atoms with Crippen LogP contribution >= 0.6 is 0 Å². The van der Waals surface area contributed by atoms with E-state index < -0.39 is 18.3 Å². The van der Waals surface area contributed by atoms with Crippen molar-refractivity contribution in [2.24, 2.45) is 5.92 Å². The molecule has 3 N–H and O–H groups in total. The molecule has 1 fully saturated rings. The minimum absolute atomic E-state index is 0.0752. The smallest absolute Gasteiger partial charge is 0.415 e. The summed E-state index contributed by atoms with van der Waals surface area (Å²) in [4.78, 5) is 52.5. The lowest BCUT2D eigenvalue weighted by Crippen LogP contribution is -2.38. The number of nitrogens with one attached hydrogen (secondary N) is 3. The van der Waals surface area contributed by atoms with E-state index >= 15 is 0 Å². The van der Waals surface area contributed by atoms with E-state index in [1.807, 2.05) is 6.07 Å². The van der Waals surface area contributed by atoms with Gasteiger partial charge in [-0.1, -0.05) is 6.07 Å². The number of likely N-dealkylation sites (N-methyl/N-ethyl adjacent to an activating group) is 1. The predicted molar refractivity (Wildman–Crippen MR) is 141 cm³/mol. The Balaban J connectivity index is 1.11. The van der Waals surface area contributed by atoms with Crippen molar-refractivity contribution in [1.29, 1.82) is 5.26 Å². The SMILES string of the molecule is CNC(=O)C(OC=O)Oc1ccc2c(c1C#N)CC(CNCCC1CN(c3ccc4c(n3)NC(=O)CO4)C(=O)O1)C2. The minimum atomic E-state index is -1.50. The van der Waals surface area contributed by atoms with Crippen LogP contribution < -0.4 is 30.3 Å². The van der Waals surface area contributed by atoms with Crippen LogP contribution in [0.3, 0.4) is 0 Å². The summed E-state index contributed by atoms with van der Waals surface area (Å²) in [6.07, 6.45) is -0.344. The minimum Gasteiger partial charge on any atom is -0.480 e. The molecule has 214 valence electrons. The molecule has 3 amide bonds. The van der Waals surface area contributed by atoms with Crippen LogP contribution in [-0.2, 0) is 36.7 Å². The highest BCUT2D eigenvalue weighted by Crippen LogP contribution is 2.35. The Morgan fingerprint density at radius 2 is 2.17 bits per heavy atom. The van der Waals surface area contributed by atoms with Gasteiger partial charge in [0.15, 0.2) is 18.2 Å². The molecule has 14 nitrogen and oxygen atoms in total. The van der Waals surface area contributed by atoms with E-state index in [9.17, 15) is 24.4 Å². The summed E-state index contributed by atoms with van der Waals surface area (Å²) in [5.41, 5.74) is 2.18. The lowest BCUT2D eigenvalue weighted by Gasteiger charge is -2.19. The quantitative estimate of drug-likeness (QED) is 0.198. The van der Waals surface area contributed by atoms with Gasteiger partial charge in [-0.15, -0.1) is 0 Å². The van der Waals surface area contributed by atoms with Gasteiger partial charge in [-0.2, -0.15) is 5.26 Å². The van der Waals surface area contributed by atoms with Crippen molar-refractivity contribution in [1.82, 2.24) is 15.6 Å². The predicted octanol–water partition coefficient (Wildman–Crippen LogP) is 0.628. The summed E-state index contributed by atoms with van der Waals surface area (Å²) < 4.78 is 21.1. The zero-order chi connectivity index (χ0) is 28.9. The third-order valence-electron chi connectivity index (χ3n) is 7.05. The fraction of sp³-hybridized carbons (Fsp3) is 0.407. The first-order valence-corrected chi connectivity index (χ1v) is 13.0. The Morgan fingerprint density at radius 3 is 2.95 bits per heavy atom. The second-order valence-electron chi connectivity index (χ2n) is 9.72. The Labute approximate surface area is 234 Å². The number of carbonyl (C=O) groups excluding carboxylic acids is 4. The largest absolute Gasteiger partial charge is 0.480 e. The van der Waals surface area contributed by atoms with Crippen LogP contribution in [0, 0.1) is 17.2 Å². The number of cyclic esters (lactones) is 1. The van der Waals surface area contributed by atoms with Crippen molar-refractivity contribution in [3.63, 3.8) is 0 Å². The second kappa shape index (κ2) is 12.1. The van der Waals surface area contributed by atoms with Gasteiger partial charge in [0.25, 0.3) is 12.4 Å². The number of amides is 3. The highest BCUT2D eigenvalue weighted by Gasteiger charge is 2.34. The summed E-state index contributed by atoms with van der Waals surface area (Å²) in [7, 11) is 1.38. The number of carbonyl (C=O) groups is 4. The molecule has 1 aromatic carbocycles. The molecule has 3 unspecified atom stereocenters. The molecule has 2 aliphatic heterocycles. The molecule has 1 saturated heterocycles. The molecule has 1 aliphatic carbocycles. The van der Waals surface area contributed by atoms with Gasteiger partial charge in [0.05, 0.1) is 12.1 Å². The van der Waals surface area contributed by atoms with Crippen molar-refractivity contribution >= 4 is 36.0 Å². The fourth-order valence-electron chi connectivity index (χ4n) is 5.09. The van der Waals surface area contributed by atoms with E-state index in [0.717, 1.165) is 17.5 Å². The van der Waals surface area contributed by atoms with Gasteiger partial charge >= 0.3 is 18.3 Å². The molecule has 14 heteroatoms. The lowest BCUT2D eigenvalue weighted by atomic mass is 10.0. The average molecular weight is 565 g/mol. The summed E-state index contributed by atoms with van der Waals surface area (Å²) in [6.45, 7) is 1.66. The molecular weight excluding hydrogens is 536 g/mol. The molecule has 0 radical (unpaired) electrons. The summed E-state index contributed by atoms with van der Waals surface area (Å²) in [5.74, 6) is 0.530. The van der Waals surface area contributed by atoms with Crippen molar-refractivity contribution in [2.45, 2.75) is 31.7 Å². The zero-order valence-electron chi connectivity index (χ0n) is 22.2. The van der Waals surface area contributed by atoms with Crippen molar-refractivity contribution in [3.05, 3.63) is 41.0 Å². The number of nitriles is 1. The Hall–Kier alpha value is -4.90. The van der Waals surface area contributed by atoms with E-state index in [1.54, 1.807) is 18.2 Å². The standard InChI is InChI=1S/C27H28N6O8/c1-29-25(36)26(39-14-34)41-20-3-2-16-8-15(9-18(16)19(20)10-28)11-30-7-6-17-12-33(27(37)40-17)22-5-4-21-24(31-22)32-23(35)13-38-21/h2-5,14-15,17,26,30H,6-9,11-13H2,1H3,(H,29,36)(H,31,32,35). The average Bonchev–Trinajstić information content (AvgIpc) is 3.56. The molecule has 0 spiro atoms. The number of hydrogen-bond acceptors (Lipinski definition) is 11. The highest BCUT2D eigenvalue weighted by molar-refractivity contribution is 5.95. The number of rotatable bonds is 11. The first-order chi connectivity index (χ1) is 19.9. The maximum atomic E-state index is 12.5. The molecule has 3 heterocycles. The summed E-state index contributed by atoms with van der Waals surface area (Å²) in [6, 6.07) is 8.93. The first-order valence-electron chi connectivity index (χ1n) is 13.0. The summed E-state index contributed by atoms with van der Waals surface area (Å²) in [5, 5.41) is 18.2. The number of benzene rings is 1. The number of anilines is 2. The highest BCUT2D eigenvalue weighted by atomic mass is 16.7. The van der Waals surface area contributed by atoms with Crippen LogP contribution in [0.25, 0.3) is 0 Å². The van der Waals surface area contributed by atoms with Crippen molar-refractivity contribution in [2.75, 3.05) is 43.5 Å². The van der Waals surface area contributed by atoms with Crippen molar-refractivity contribution < 1.29 is 38.1 Å². The zero-order valence-corrected chi connectivity index (χ0v) is 22.2. The van der Waals surface area contributed by atoms with E-state index in [0.29, 0.717) is 49.6 Å². The molecule has 2 aromatic rings. The van der Waals surface area contributed by atoms with E-state index in [2.05, 4.69) is 27.0 Å². The maximum Gasteiger partial charge on any atom is 0.415 e. The van der Waals surface area contributed by atoms with Crippen LogP contribution in [0.4, 0.5) is 16.4 Å². The van der Waals surface area contributed by atoms with E-state index in [4.69, 9.17) is 18.9 Å². The van der Waals surface area contributed by atoms with E-state index in [-0.39, 0.29) is 42.6 Å². The Morgan fingerprint density at radius 1 is 1.32 bits per heavy atom. The lowest BCUT2D eigenvalue weighted by molar-refractivity contribution is -0.161. The molecule has 3 aliphatic rings. The Bertz CT molecular complexity index is 1410. The molecule has 0 bridgehead atoms. The van der Waals surface area contributed by atoms with Gasteiger partial charge in [0, 0.05) is 7.05 Å². The summed E-state index contributed by atoms with van der Waals surface area (Å²) >= 11 is 0. The molecule has 1 aromatic heterocycles. The number of nitrogens with zero attached hydrogens (tertiary/aromatic N) is 3. The monoisotopic (exact) mass is 564 g/mol. The number of hydrogen-bond donors (Lipinski definition) is 3. The molecule has 5 rings (SSSR count). The molecular formula is C27H28N6O8. The third kappa shape index (κ3) is 5.99. The fourth-order valence-corrected chi connectivity index (χ4v) is 5.09. The van der Waals surface area contributed by atoms with Crippen molar-refractivity contribution in [3.8, 4) is 17.6 Å². The molecule has 41 heavy (non-hydrogen) atoms. The van der Waals surface area contributed by atoms with Crippen LogP contribution in [0.5, 0.6) is 11.5 Å². The van der Waals surface area contributed by atoms with Gasteiger partial charge in [0.1, 0.15) is 23.7 Å². The van der Waals surface area contributed by atoms with Gasteiger partial charge in [-0.3, -0.25) is 19.3 Å². The number of pyridine rings is 1. The number of fused-ring (bicyclic) bond motifs is 2. The van der Waals surface area contributed by atoms with Gasteiger partial charge in [-0.25, -0.2) is 9.78 Å². The molecule has 3 atom stereocenters. The molecule has 0 saturated carbocycles. The van der Waals surface area contributed by atoms with Gasteiger partial charge in [-0.05, 0) is 67.6 Å². The second-order valence-corrected chi connectivity index (χ2v) is 9.72. The van der Waals surface area contributed by atoms with Gasteiger partial charge < -0.3 is 34.9 Å². The number of ether oxygens (including phenoxy) is 4. The third-order valence-corrected chi connectivity index (χ3v) is 7.05. The Kier molecular flexibility index (Phi) is 8.16. The van der Waals surface area contributed by atoms with Crippen LogP contribution in [-0.4, -0.2) is 75.0 Å². The van der Waals surface area contributed by atoms with Gasteiger partial charge in [0.2, 0.25) is 0 Å². The van der Waals surface area contributed by atoms with E-state index in [1.165, 1.54) is 11.9 Å². The normalized spacial score (nSPS) is 19.6. The number of aromatic nitrogens is 1.